The van der Waals surface area contributed by atoms with Crippen LogP contribution in [0.1, 0.15) is 0 Å². The predicted octanol–water partition coefficient (Wildman–Crippen LogP) is 9.19. The number of aromatic nitrogens is 3. The second-order valence-electron chi connectivity index (χ2n) is 9.67. The van der Waals surface area contributed by atoms with Gasteiger partial charge in [-0.05, 0) is 42.5 Å². The van der Waals surface area contributed by atoms with Crippen LogP contribution in [0, 0.1) is 0 Å². The zero-order valence-corrected chi connectivity index (χ0v) is 21.3. The minimum atomic E-state index is 0.578. The SMILES string of the molecule is c1ccc(-c2cc(-c3cccc4oc5ccc(-c6nc7ccccc7o6)cc5c34)nc(-c3ccccc3)n2)cc1. The van der Waals surface area contributed by atoms with Crippen LogP contribution in [0.5, 0.6) is 0 Å². The summed E-state index contributed by atoms with van der Waals surface area (Å²) in [5.74, 6) is 1.25. The Bertz CT molecular complexity index is 2070. The van der Waals surface area contributed by atoms with Gasteiger partial charge in [-0.1, -0.05) is 84.9 Å². The standard InChI is InChI=1S/C35H21N3O2/c1-3-10-22(11-4-1)28-21-29(37-34(36-28)23-12-5-2-6-13-23)25-14-9-17-32-33(25)26-20-24(18-19-30(26)39-32)35-38-27-15-7-8-16-31(27)40-35/h1-21H. The van der Waals surface area contributed by atoms with E-state index in [4.69, 9.17) is 23.8 Å². The first-order valence-electron chi connectivity index (χ1n) is 13.1. The summed E-state index contributed by atoms with van der Waals surface area (Å²) in [4.78, 5) is 14.7. The highest BCUT2D eigenvalue weighted by molar-refractivity contribution is 6.13. The lowest BCUT2D eigenvalue weighted by atomic mass is 10.0. The molecule has 188 valence electrons. The van der Waals surface area contributed by atoms with E-state index in [-0.39, 0.29) is 0 Å². The molecule has 0 unspecified atom stereocenters. The van der Waals surface area contributed by atoms with Crippen LogP contribution in [0.25, 0.3) is 78.4 Å². The molecule has 5 aromatic carbocycles. The van der Waals surface area contributed by atoms with Gasteiger partial charge in [-0.3, -0.25) is 0 Å². The average molecular weight is 516 g/mol. The van der Waals surface area contributed by atoms with Gasteiger partial charge >= 0.3 is 0 Å². The van der Waals surface area contributed by atoms with E-state index in [1.165, 1.54) is 0 Å². The molecule has 3 heterocycles. The highest BCUT2D eigenvalue weighted by Crippen LogP contribution is 2.39. The van der Waals surface area contributed by atoms with Crippen molar-refractivity contribution in [2.45, 2.75) is 0 Å². The number of hydrogen-bond donors (Lipinski definition) is 0. The van der Waals surface area contributed by atoms with Gasteiger partial charge in [0.2, 0.25) is 5.89 Å². The number of fused-ring (bicyclic) bond motifs is 4. The summed E-state index contributed by atoms with van der Waals surface area (Å²) in [6.07, 6.45) is 0. The maximum atomic E-state index is 6.30. The Morgan fingerprint density at radius 2 is 1.18 bits per heavy atom. The quantitative estimate of drug-likeness (QED) is 0.234. The van der Waals surface area contributed by atoms with Gasteiger partial charge in [0.05, 0.1) is 11.4 Å². The monoisotopic (exact) mass is 515 g/mol. The maximum Gasteiger partial charge on any atom is 0.227 e. The van der Waals surface area contributed by atoms with E-state index in [2.05, 4.69) is 30.3 Å². The number of rotatable bonds is 4. The van der Waals surface area contributed by atoms with Gasteiger partial charge < -0.3 is 8.83 Å². The Morgan fingerprint density at radius 3 is 2.00 bits per heavy atom. The Balaban J connectivity index is 1.36. The molecule has 8 rings (SSSR count). The van der Waals surface area contributed by atoms with E-state index >= 15 is 0 Å². The first-order valence-corrected chi connectivity index (χ1v) is 13.1. The van der Waals surface area contributed by atoms with Gasteiger partial charge in [0.1, 0.15) is 16.7 Å². The largest absolute Gasteiger partial charge is 0.456 e. The molecule has 0 spiro atoms. The number of hydrogen-bond acceptors (Lipinski definition) is 5. The van der Waals surface area contributed by atoms with Crippen molar-refractivity contribution in [1.29, 1.82) is 0 Å². The molecule has 5 nitrogen and oxygen atoms in total. The molecule has 0 bridgehead atoms. The van der Waals surface area contributed by atoms with E-state index < -0.39 is 0 Å². The Labute approximate surface area is 229 Å². The summed E-state index contributed by atoms with van der Waals surface area (Å²) in [6, 6.07) is 42.3. The number of para-hydroxylation sites is 2. The van der Waals surface area contributed by atoms with Crippen LogP contribution in [-0.4, -0.2) is 15.0 Å². The zero-order valence-electron chi connectivity index (χ0n) is 21.3. The molecule has 0 aliphatic heterocycles. The molecule has 0 aliphatic rings. The van der Waals surface area contributed by atoms with E-state index in [0.717, 1.165) is 66.7 Å². The fourth-order valence-corrected chi connectivity index (χ4v) is 5.23. The molecule has 0 N–H and O–H groups in total. The fourth-order valence-electron chi connectivity index (χ4n) is 5.23. The normalized spacial score (nSPS) is 11.5. The number of furan rings is 1. The molecule has 8 aromatic rings. The molecule has 5 heteroatoms. The first kappa shape index (κ1) is 22.4. The molecule has 0 amide bonds. The minimum Gasteiger partial charge on any atom is -0.456 e. The number of nitrogens with zero attached hydrogens (tertiary/aromatic N) is 3. The van der Waals surface area contributed by atoms with Gasteiger partial charge in [0.25, 0.3) is 0 Å². The second kappa shape index (κ2) is 9.03. The van der Waals surface area contributed by atoms with E-state index in [0.29, 0.717) is 11.7 Å². The topological polar surface area (TPSA) is 65.0 Å². The van der Waals surface area contributed by atoms with Gasteiger partial charge in [-0.2, -0.15) is 0 Å². The van der Waals surface area contributed by atoms with Gasteiger partial charge in [0, 0.05) is 33.0 Å². The summed E-state index contributed by atoms with van der Waals surface area (Å²) >= 11 is 0. The van der Waals surface area contributed by atoms with Gasteiger partial charge in [0.15, 0.2) is 11.4 Å². The average Bonchev–Trinajstić information content (AvgIpc) is 3.63. The van der Waals surface area contributed by atoms with Crippen LogP contribution in [0.4, 0.5) is 0 Å². The van der Waals surface area contributed by atoms with Crippen molar-refractivity contribution in [2.75, 3.05) is 0 Å². The van der Waals surface area contributed by atoms with E-state index in [9.17, 15) is 0 Å². The smallest absolute Gasteiger partial charge is 0.227 e. The van der Waals surface area contributed by atoms with Crippen molar-refractivity contribution in [2.24, 2.45) is 0 Å². The fraction of sp³-hybridized carbons (Fsp3) is 0. The molecular formula is C35H21N3O2. The lowest BCUT2D eigenvalue weighted by Crippen LogP contribution is -1.96. The number of oxazole rings is 1. The summed E-state index contributed by atoms with van der Waals surface area (Å²) in [6.45, 7) is 0. The van der Waals surface area contributed by atoms with Crippen molar-refractivity contribution < 1.29 is 8.83 Å². The Hall–Kier alpha value is -5.55. The molecule has 0 saturated heterocycles. The third-order valence-corrected chi connectivity index (χ3v) is 7.14. The van der Waals surface area contributed by atoms with Crippen molar-refractivity contribution in [3.63, 3.8) is 0 Å². The lowest BCUT2D eigenvalue weighted by Gasteiger charge is -2.10. The highest BCUT2D eigenvalue weighted by atomic mass is 16.3. The molecule has 0 atom stereocenters. The predicted molar refractivity (Wildman–Crippen MR) is 159 cm³/mol. The zero-order chi connectivity index (χ0) is 26.5. The minimum absolute atomic E-state index is 0.578. The first-order chi connectivity index (χ1) is 19.8. The molecule has 0 fully saturated rings. The van der Waals surface area contributed by atoms with Gasteiger partial charge in [-0.15, -0.1) is 0 Å². The maximum absolute atomic E-state index is 6.30. The third-order valence-electron chi connectivity index (χ3n) is 7.14. The van der Waals surface area contributed by atoms with Crippen molar-refractivity contribution in [3.8, 4) is 45.4 Å². The van der Waals surface area contributed by atoms with Crippen LogP contribution in [0.2, 0.25) is 0 Å². The molecule has 0 aliphatic carbocycles. The molecule has 0 radical (unpaired) electrons. The third kappa shape index (κ3) is 3.76. The Morgan fingerprint density at radius 1 is 0.450 bits per heavy atom. The molecular weight excluding hydrogens is 494 g/mol. The van der Waals surface area contributed by atoms with Gasteiger partial charge in [-0.25, -0.2) is 15.0 Å². The van der Waals surface area contributed by atoms with Crippen molar-refractivity contribution in [1.82, 2.24) is 15.0 Å². The summed E-state index contributed by atoms with van der Waals surface area (Å²) in [5.41, 5.74) is 8.73. The van der Waals surface area contributed by atoms with E-state index in [1.807, 2.05) is 97.1 Å². The molecule has 3 aromatic heterocycles. The summed E-state index contributed by atoms with van der Waals surface area (Å²) in [7, 11) is 0. The van der Waals surface area contributed by atoms with E-state index in [1.54, 1.807) is 0 Å². The van der Waals surface area contributed by atoms with Crippen LogP contribution in [0.3, 0.4) is 0 Å². The lowest BCUT2D eigenvalue weighted by molar-refractivity contribution is 0.620. The molecule has 0 saturated carbocycles. The summed E-state index contributed by atoms with van der Waals surface area (Å²) in [5, 5.41) is 1.97. The number of benzene rings is 5. The van der Waals surface area contributed by atoms with Crippen LogP contribution in [0.15, 0.2) is 136 Å². The molecule has 40 heavy (non-hydrogen) atoms. The van der Waals surface area contributed by atoms with Crippen LogP contribution < -0.4 is 0 Å². The van der Waals surface area contributed by atoms with Crippen LogP contribution >= 0.6 is 0 Å². The van der Waals surface area contributed by atoms with Crippen LogP contribution in [-0.2, 0) is 0 Å². The highest BCUT2D eigenvalue weighted by Gasteiger charge is 2.18. The van der Waals surface area contributed by atoms with Crippen molar-refractivity contribution >= 4 is 33.0 Å². The second-order valence-corrected chi connectivity index (χ2v) is 9.67. The van der Waals surface area contributed by atoms with Crippen molar-refractivity contribution in [3.05, 3.63) is 127 Å². The Kier molecular flexibility index (Phi) is 5.07. The summed E-state index contributed by atoms with van der Waals surface area (Å²) < 4.78 is 12.4.